The molecular weight excluding hydrogens is 302 g/mol. The molecule has 1 aromatic rings. The monoisotopic (exact) mass is 331 g/mol. The first kappa shape index (κ1) is 17.2. The van der Waals surface area contributed by atoms with Gasteiger partial charge in [0, 0.05) is 25.3 Å². The van der Waals surface area contributed by atoms with Crippen LogP contribution >= 0.6 is 0 Å². The maximum Gasteiger partial charge on any atom is 0.321 e. The third-order valence-corrected chi connectivity index (χ3v) is 5.03. The normalized spacial score (nSPS) is 21.9. The fourth-order valence-electron chi connectivity index (χ4n) is 3.49. The van der Waals surface area contributed by atoms with Crippen LogP contribution in [0.15, 0.2) is 24.3 Å². The third-order valence-electron chi connectivity index (χ3n) is 5.03. The van der Waals surface area contributed by atoms with E-state index < -0.39 is 0 Å². The van der Waals surface area contributed by atoms with Crippen molar-refractivity contribution in [3.8, 4) is 0 Å². The quantitative estimate of drug-likeness (QED) is 0.902. The number of carbonyl (C=O) groups is 1. The van der Waals surface area contributed by atoms with Gasteiger partial charge in [0.1, 0.15) is 0 Å². The average molecular weight is 331 g/mol. The number of anilines is 1. The molecule has 0 aromatic heterocycles. The van der Waals surface area contributed by atoms with Gasteiger partial charge in [-0.25, -0.2) is 4.79 Å². The number of para-hydroxylation sites is 1. The number of piperidine rings is 1. The summed E-state index contributed by atoms with van der Waals surface area (Å²) in [5.41, 5.74) is 1.97. The molecule has 2 amide bonds. The van der Waals surface area contributed by atoms with Crippen molar-refractivity contribution in [3.05, 3.63) is 29.8 Å². The predicted octanol–water partition coefficient (Wildman–Crippen LogP) is 3.10. The van der Waals surface area contributed by atoms with Crippen LogP contribution in [0.5, 0.6) is 0 Å². The Morgan fingerprint density at radius 3 is 2.79 bits per heavy atom. The minimum absolute atomic E-state index is 0.0218. The Kier molecular flexibility index (Phi) is 6.10. The van der Waals surface area contributed by atoms with Gasteiger partial charge < -0.3 is 19.9 Å². The first-order valence-electron chi connectivity index (χ1n) is 9.18. The van der Waals surface area contributed by atoms with Crippen LogP contribution < -0.4 is 5.32 Å². The molecule has 2 fully saturated rings. The lowest BCUT2D eigenvalue weighted by atomic mass is 10.1. The van der Waals surface area contributed by atoms with Gasteiger partial charge in [-0.05, 0) is 50.9 Å². The summed E-state index contributed by atoms with van der Waals surface area (Å²) < 4.78 is 6.00. The number of ether oxygens (including phenoxy) is 1. The van der Waals surface area contributed by atoms with Crippen molar-refractivity contribution in [1.29, 1.82) is 0 Å². The summed E-state index contributed by atoms with van der Waals surface area (Å²) in [6.07, 6.45) is 5.11. The molecule has 1 N–H and O–H groups in total. The van der Waals surface area contributed by atoms with Crippen LogP contribution in [-0.2, 0) is 4.74 Å². The van der Waals surface area contributed by atoms with Crippen molar-refractivity contribution in [1.82, 2.24) is 9.80 Å². The molecule has 0 saturated carbocycles. The van der Waals surface area contributed by atoms with Gasteiger partial charge in [-0.3, -0.25) is 0 Å². The van der Waals surface area contributed by atoms with E-state index in [0.29, 0.717) is 6.54 Å². The molecule has 24 heavy (non-hydrogen) atoms. The van der Waals surface area contributed by atoms with E-state index in [-0.39, 0.29) is 12.1 Å². The molecule has 1 aromatic carbocycles. The lowest BCUT2D eigenvalue weighted by Gasteiger charge is -2.26. The average Bonchev–Trinajstić information content (AvgIpc) is 3.07. The van der Waals surface area contributed by atoms with Gasteiger partial charge >= 0.3 is 6.03 Å². The number of benzene rings is 1. The van der Waals surface area contributed by atoms with E-state index >= 15 is 0 Å². The number of rotatable bonds is 5. The Bertz CT molecular complexity index is 543. The Hall–Kier alpha value is -1.59. The van der Waals surface area contributed by atoms with Crippen molar-refractivity contribution in [2.24, 2.45) is 0 Å². The molecule has 0 spiro atoms. The van der Waals surface area contributed by atoms with E-state index in [2.05, 4.69) is 10.2 Å². The van der Waals surface area contributed by atoms with Gasteiger partial charge in [0.15, 0.2) is 0 Å². The van der Waals surface area contributed by atoms with Gasteiger partial charge in [0.05, 0.1) is 12.7 Å². The van der Waals surface area contributed by atoms with Gasteiger partial charge in [0.25, 0.3) is 0 Å². The number of likely N-dealkylation sites (tertiary alicyclic amines) is 2. The summed E-state index contributed by atoms with van der Waals surface area (Å²) in [6.45, 7) is 7.68. The lowest BCUT2D eigenvalue weighted by molar-refractivity contribution is 0.0416. The van der Waals surface area contributed by atoms with Gasteiger partial charge in [-0.1, -0.05) is 24.6 Å². The third kappa shape index (κ3) is 4.71. The van der Waals surface area contributed by atoms with E-state index in [1.54, 1.807) is 0 Å². The Morgan fingerprint density at radius 2 is 2.00 bits per heavy atom. The topological polar surface area (TPSA) is 44.8 Å². The number of hydrogen-bond donors (Lipinski definition) is 1. The van der Waals surface area contributed by atoms with Crippen molar-refractivity contribution < 1.29 is 9.53 Å². The minimum Gasteiger partial charge on any atom is -0.375 e. The van der Waals surface area contributed by atoms with Crippen molar-refractivity contribution >= 4 is 11.7 Å². The second-order valence-electron chi connectivity index (χ2n) is 6.87. The highest BCUT2D eigenvalue weighted by Crippen LogP contribution is 2.17. The van der Waals surface area contributed by atoms with E-state index in [1.807, 2.05) is 36.1 Å². The van der Waals surface area contributed by atoms with Crippen molar-refractivity contribution in [2.45, 2.75) is 38.7 Å². The van der Waals surface area contributed by atoms with Crippen LogP contribution in [0, 0.1) is 6.92 Å². The molecule has 0 bridgehead atoms. The van der Waals surface area contributed by atoms with Crippen LogP contribution in [0.3, 0.4) is 0 Å². The molecular formula is C19H29N3O2. The fourth-order valence-corrected chi connectivity index (χ4v) is 3.49. The van der Waals surface area contributed by atoms with Crippen LogP contribution in [0.25, 0.3) is 0 Å². The van der Waals surface area contributed by atoms with E-state index in [1.165, 1.54) is 32.4 Å². The highest BCUT2D eigenvalue weighted by Gasteiger charge is 2.27. The molecule has 0 aliphatic carbocycles. The zero-order chi connectivity index (χ0) is 16.8. The maximum absolute atomic E-state index is 12.4. The molecule has 0 radical (unpaired) electrons. The van der Waals surface area contributed by atoms with Crippen molar-refractivity contribution in [2.75, 3.05) is 44.6 Å². The molecule has 1 atom stereocenters. The summed E-state index contributed by atoms with van der Waals surface area (Å²) in [4.78, 5) is 16.7. The SMILES string of the molecule is Cc1ccccc1NC(=O)N1CCC(OCCN2CCCCC2)C1. The van der Waals surface area contributed by atoms with Crippen LogP contribution in [0.1, 0.15) is 31.2 Å². The first-order chi connectivity index (χ1) is 11.7. The number of amides is 2. The summed E-state index contributed by atoms with van der Waals surface area (Å²) in [5, 5.41) is 3.00. The van der Waals surface area contributed by atoms with Crippen LogP contribution in [0.2, 0.25) is 0 Å². The number of urea groups is 1. The smallest absolute Gasteiger partial charge is 0.321 e. The fraction of sp³-hybridized carbons (Fsp3) is 0.632. The zero-order valence-corrected chi connectivity index (χ0v) is 14.7. The Morgan fingerprint density at radius 1 is 1.21 bits per heavy atom. The highest BCUT2D eigenvalue weighted by atomic mass is 16.5. The summed E-state index contributed by atoms with van der Waals surface area (Å²) in [7, 11) is 0. The second kappa shape index (κ2) is 8.49. The van der Waals surface area contributed by atoms with E-state index in [4.69, 9.17) is 4.74 Å². The highest BCUT2D eigenvalue weighted by molar-refractivity contribution is 5.90. The van der Waals surface area contributed by atoms with Crippen LogP contribution in [0.4, 0.5) is 10.5 Å². The molecule has 2 aliphatic heterocycles. The number of nitrogens with zero attached hydrogens (tertiary/aromatic N) is 2. The number of nitrogens with one attached hydrogen (secondary N) is 1. The lowest BCUT2D eigenvalue weighted by Crippen LogP contribution is -2.35. The molecule has 132 valence electrons. The van der Waals surface area contributed by atoms with E-state index in [9.17, 15) is 4.79 Å². The summed E-state index contributed by atoms with van der Waals surface area (Å²) in [5.74, 6) is 0. The molecule has 5 heteroatoms. The predicted molar refractivity (Wildman–Crippen MR) is 96.4 cm³/mol. The van der Waals surface area contributed by atoms with Gasteiger partial charge in [-0.15, -0.1) is 0 Å². The molecule has 2 aliphatic rings. The first-order valence-corrected chi connectivity index (χ1v) is 9.18. The van der Waals surface area contributed by atoms with Crippen molar-refractivity contribution in [3.63, 3.8) is 0 Å². The number of carbonyl (C=O) groups excluding carboxylic acids is 1. The van der Waals surface area contributed by atoms with Crippen LogP contribution in [-0.4, -0.2) is 61.3 Å². The molecule has 3 rings (SSSR count). The minimum atomic E-state index is -0.0218. The van der Waals surface area contributed by atoms with Gasteiger partial charge in [-0.2, -0.15) is 0 Å². The standard InChI is InChI=1S/C19H29N3O2/c1-16-7-3-4-8-18(16)20-19(23)22-12-9-17(15-22)24-14-13-21-10-5-2-6-11-21/h3-4,7-8,17H,2,5-6,9-15H2,1H3,(H,20,23). The Labute approximate surface area is 145 Å². The van der Waals surface area contributed by atoms with Gasteiger partial charge in [0.2, 0.25) is 0 Å². The summed E-state index contributed by atoms with van der Waals surface area (Å²) >= 11 is 0. The Balaban J connectivity index is 1.38. The molecule has 5 nitrogen and oxygen atoms in total. The zero-order valence-electron chi connectivity index (χ0n) is 14.7. The number of hydrogen-bond acceptors (Lipinski definition) is 3. The summed E-state index contributed by atoms with van der Waals surface area (Å²) in [6, 6.07) is 7.85. The molecule has 2 saturated heterocycles. The molecule has 1 unspecified atom stereocenters. The number of aryl methyl sites for hydroxylation is 1. The largest absolute Gasteiger partial charge is 0.375 e. The second-order valence-corrected chi connectivity index (χ2v) is 6.87. The van der Waals surface area contributed by atoms with E-state index in [0.717, 1.165) is 37.4 Å². The maximum atomic E-state index is 12.4. The molecule has 2 heterocycles.